The number of H-pyrrole nitrogens is 1. The molecule has 0 aliphatic carbocycles. The molecule has 2 bridgehead atoms. The number of aromatic nitrogens is 2. The fraction of sp³-hybridized carbons (Fsp3) is 0.650. The normalized spacial score (nSPS) is 33.9. The molecule has 1 aromatic rings. The molecular formula is C20H26N4O3. The summed E-state index contributed by atoms with van der Waals surface area (Å²) < 4.78 is 6.26. The number of hydrogen-bond donors (Lipinski definition) is 1. The fourth-order valence-corrected chi connectivity index (χ4v) is 5.47. The summed E-state index contributed by atoms with van der Waals surface area (Å²) in [4.78, 5) is 30.6. The maximum absolute atomic E-state index is 13.4. The minimum absolute atomic E-state index is 0.0443. The first-order valence-electron chi connectivity index (χ1n) is 10.1. The van der Waals surface area contributed by atoms with Crippen LogP contribution in [0, 0.1) is 11.8 Å². The Morgan fingerprint density at radius 3 is 3.04 bits per heavy atom. The maximum atomic E-state index is 13.4. The Kier molecular flexibility index (Phi) is 3.73. The van der Waals surface area contributed by atoms with Gasteiger partial charge in [0.2, 0.25) is 11.8 Å². The van der Waals surface area contributed by atoms with Crippen molar-refractivity contribution in [3.63, 3.8) is 0 Å². The topological polar surface area (TPSA) is 78.5 Å². The first-order valence-corrected chi connectivity index (χ1v) is 10.1. The third-order valence-electron chi connectivity index (χ3n) is 6.91. The van der Waals surface area contributed by atoms with Crippen molar-refractivity contribution in [2.45, 2.75) is 57.4 Å². The molecule has 5 heterocycles. The van der Waals surface area contributed by atoms with Gasteiger partial charge in [-0.2, -0.15) is 5.10 Å². The lowest BCUT2D eigenvalue weighted by Gasteiger charge is -2.32. The zero-order valence-corrected chi connectivity index (χ0v) is 15.9. The van der Waals surface area contributed by atoms with E-state index in [1.54, 1.807) is 6.20 Å². The van der Waals surface area contributed by atoms with Crippen LogP contribution in [0.2, 0.25) is 0 Å². The molecule has 7 heteroatoms. The summed E-state index contributed by atoms with van der Waals surface area (Å²) >= 11 is 0. The Bertz CT molecular complexity index is 814. The number of nitrogens with zero attached hydrogens (tertiary/aromatic N) is 3. The van der Waals surface area contributed by atoms with E-state index < -0.39 is 11.5 Å². The molecule has 1 aromatic heterocycles. The smallest absolute Gasteiger partial charge is 0.230 e. The number of aromatic amines is 1. The lowest BCUT2D eigenvalue weighted by molar-refractivity contribution is -0.144. The highest BCUT2D eigenvalue weighted by atomic mass is 16.5. The summed E-state index contributed by atoms with van der Waals surface area (Å²) in [6, 6.07) is 0.216. The summed E-state index contributed by atoms with van der Waals surface area (Å²) in [6.45, 7) is 6.01. The van der Waals surface area contributed by atoms with Gasteiger partial charge >= 0.3 is 0 Å². The molecule has 2 fully saturated rings. The highest BCUT2D eigenvalue weighted by Crippen LogP contribution is 2.53. The van der Waals surface area contributed by atoms with E-state index in [1.807, 2.05) is 22.0 Å². The van der Waals surface area contributed by atoms with Gasteiger partial charge in [0.15, 0.2) is 0 Å². The van der Waals surface area contributed by atoms with Crippen LogP contribution in [-0.2, 0) is 27.3 Å². The zero-order chi connectivity index (χ0) is 18.8. The van der Waals surface area contributed by atoms with Crippen molar-refractivity contribution in [2.24, 2.45) is 11.8 Å². The van der Waals surface area contributed by atoms with E-state index in [0.717, 1.165) is 30.5 Å². The number of nitrogens with one attached hydrogen (secondary N) is 1. The van der Waals surface area contributed by atoms with E-state index in [4.69, 9.17) is 4.74 Å². The molecule has 4 aliphatic rings. The van der Waals surface area contributed by atoms with E-state index in [-0.39, 0.29) is 29.9 Å². The number of amides is 2. The average molecular weight is 370 g/mol. The summed E-state index contributed by atoms with van der Waals surface area (Å²) in [5.41, 5.74) is 1.57. The monoisotopic (exact) mass is 370 g/mol. The molecule has 1 spiro atoms. The molecule has 0 aromatic carbocycles. The molecule has 4 aliphatic heterocycles. The van der Waals surface area contributed by atoms with E-state index in [1.165, 1.54) is 0 Å². The number of fused-ring (bicyclic) bond motifs is 2. The predicted molar refractivity (Wildman–Crippen MR) is 97.5 cm³/mol. The number of ether oxygens (including phenoxy) is 1. The Morgan fingerprint density at radius 2 is 2.26 bits per heavy atom. The van der Waals surface area contributed by atoms with Crippen molar-refractivity contribution in [3.05, 3.63) is 29.6 Å². The van der Waals surface area contributed by atoms with Crippen molar-refractivity contribution in [3.8, 4) is 0 Å². The summed E-state index contributed by atoms with van der Waals surface area (Å²) in [6.07, 6.45) is 8.17. The summed E-state index contributed by atoms with van der Waals surface area (Å²) in [5.74, 6) is -0.653. The Morgan fingerprint density at radius 1 is 1.44 bits per heavy atom. The first-order chi connectivity index (χ1) is 13.1. The third-order valence-corrected chi connectivity index (χ3v) is 6.91. The SMILES string of the molecule is CCC(CC)N1C[C@]23C=C[C@H](O2)[C@H](C(=O)N2CCc4[nH]ncc4C2)[C@H]3C1=O. The molecule has 144 valence electrons. The predicted octanol–water partition coefficient (Wildman–Crippen LogP) is 1.26. The van der Waals surface area contributed by atoms with Gasteiger partial charge in [-0.3, -0.25) is 14.7 Å². The highest BCUT2D eigenvalue weighted by Gasteiger charge is 2.67. The van der Waals surface area contributed by atoms with Crippen molar-refractivity contribution in [2.75, 3.05) is 13.1 Å². The van der Waals surface area contributed by atoms with Gasteiger partial charge < -0.3 is 14.5 Å². The summed E-state index contributed by atoms with van der Waals surface area (Å²) in [5, 5.41) is 7.09. The van der Waals surface area contributed by atoms with E-state index in [2.05, 4.69) is 24.0 Å². The van der Waals surface area contributed by atoms with Crippen LogP contribution >= 0.6 is 0 Å². The van der Waals surface area contributed by atoms with E-state index in [9.17, 15) is 9.59 Å². The lowest BCUT2D eigenvalue weighted by atomic mass is 9.76. The van der Waals surface area contributed by atoms with Crippen molar-refractivity contribution >= 4 is 11.8 Å². The van der Waals surface area contributed by atoms with E-state index >= 15 is 0 Å². The number of likely N-dealkylation sites (tertiary alicyclic amines) is 1. The minimum Gasteiger partial charge on any atom is -0.360 e. The van der Waals surface area contributed by atoms with Crippen molar-refractivity contribution in [1.29, 1.82) is 0 Å². The standard InChI is InChI=1S/C20H26N4O3/c1-3-13(4-2)24-11-20-7-5-15(27-20)16(17(20)19(24)26)18(25)23-8-6-14-12(10-23)9-21-22-14/h5,7,9,13,15-17H,3-4,6,8,10-11H2,1-2H3,(H,21,22)/t15-,16-,17-,20-/m0/s1. The molecule has 0 radical (unpaired) electrons. The Hall–Kier alpha value is -2.15. The minimum atomic E-state index is -0.610. The van der Waals surface area contributed by atoms with Crippen LogP contribution in [0.15, 0.2) is 18.3 Å². The van der Waals surface area contributed by atoms with Crippen LogP contribution in [-0.4, -0.2) is 62.6 Å². The largest absolute Gasteiger partial charge is 0.360 e. The number of rotatable bonds is 4. The molecular weight excluding hydrogens is 344 g/mol. The van der Waals surface area contributed by atoms with Crippen molar-refractivity contribution in [1.82, 2.24) is 20.0 Å². The van der Waals surface area contributed by atoms with E-state index in [0.29, 0.717) is 19.6 Å². The second-order valence-corrected chi connectivity index (χ2v) is 8.22. The molecule has 7 nitrogen and oxygen atoms in total. The van der Waals surface area contributed by atoms with Gasteiger partial charge in [-0.15, -0.1) is 0 Å². The van der Waals surface area contributed by atoms with Crippen LogP contribution in [0.3, 0.4) is 0 Å². The molecule has 4 atom stereocenters. The van der Waals surface area contributed by atoms with Gasteiger partial charge in [-0.1, -0.05) is 26.0 Å². The van der Waals surface area contributed by atoms with Crippen molar-refractivity contribution < 1.29 is 14.3 Å². The quantitative estimate of drug-likeness (QED) is 0.810. The molecule has 2 saturated heterocycles. The zero-order valence-electron chi connectivity index (χ0n) is 15.9. The number of carbonyl (C=O) groups excluding carboxylic acids is 2. The second-order valence-electron chi connectivity index (χ2n) is 8.22. The van der Waals surface area contributed by atoms with Gasteiger partial charge in [0.25, 0.3) is 0 Å². The third kappa shape index (κ3) is 2.27. The van der Waals surface area contributed by atoms with Gasteiger partial charge in [0, 0.05) is 36.8 Å². The highest BCUT2D eigenvalue weighted by molar-refractivity contribution is 5.93. The van der Waals surface area contributed by atoms with Crippen LogP contribution in [0.1, 0.15) is 37.9 Å². The Labute approximate surface area is 158 Å². The molecule has 5 rings (SSSR count). The lowest BCUT2D eigenvalue weighted by Crippen LogP contribution is -2.47. The molecule has 0 saturated carbocycles. The summed E-state index contributed by atoms with van der Waals surface area (Å²) in [7, 11) is 0. The first kappa shape index (κ1) is 17.0. The van der Waals surface area contributed by atoms with Gasteiger partial charge in [0.1, 0.15) is 5.60 Å². The average Bonchev–Trinajstić information content (AvgIpc) is 3.43. The molecule has 0 unspecified atom stereocenters. The van der Waals surface area contributed by atoms with Crippen LogP contribution < -0.4 is 0 Å². The molecule has 2 amide bonds. The van der Waals surface area contributed by atoms with Crippen LogP contribution in [0.25, 0.3) is 0 Å². The number of carbonyl (C=O) groups is 2. The number of hydrogen-bond acceptors (Lipinski definition) is 4. The van der Waals surface area contributed by atoms with Gasteiger partial charge in [-0.25, -0.2) is 0 Å². The maximum Gasteiger partial charge on any atom is 0.230 e. The molecule has 27 heavy (non-hydrogen) atoms. The Balaban J connectivity index is 1.42. The van der Waals surface area contributed by atoms with Gasteiger partial charge in [0.05, 0.1) is 30.7 Å². The van der Waals surface area contributed by atoms with Gasteiger partial charge in [-0.05, 0) is 12.8 Å². The van der Waals surface area contributed by atoms with Crippen LogP contribution in [0.4, 0.5) is 0 Å². The second kappa shape index (κ2) is 5.92. The molecule has 1 N–H and O–H groups in total. The van der Waals surface area contributed by atoms with Crippen LogP contribution in [0.5, 0.6) is 0 Å². The fourth-order valence-electron chi connectivity index (χ4n) is 5.47.